The summed E-state index contributed by atoms with van der Waals surface area (Å²) in [5, 5.41) is 3.39. The molecule has 2 unspecified atom stereocenters. The van der Waals surface area contributed by atoms with Crippen molar-refractivity contribution in [3.8, 4) is 0 Å². The summed E-state index contributed by atoms with van der Waals surface area (Å²) < 4.78 is 7.58. The predicted molar refractivity (Wildman–Crippen MR) is 103 cm³/mol. The number of halogens is 1. The minimum Gasteiger partial charge on any atom is -0.466 e. The number of hydrogen-bond donors (Lipinski definition) is 1. The Balaban J connectivity index is 1.79. The van der Waals surface area contributed by atoms with E-state index in [0.717, 1.165) is 6.54 Å². The zero-order valence-corrected chi connectivity index (χ0v) is 16.7. The van der Waals surface area contributed by atoms with Crippen molar-refractivity contribution < 1.29 is 9.53 Å². The van der Waals surface area contributed by atoms with Crippen LogP contribution in [-0.2, 0) is 16.1 Å². The van der Waals surface area contributed by atoms with Gasteiger partial charge < -0.3 is 10.1 Å². The summed E-state index contributed by atoms with van der Waals surface area (Å²) in [4.78, 5) is 12.9. The van der Waals surface area contributed by atoms with E-state index >= 15 is 0 Å². The zero-order valence-electron chi connectivity index (χ0n) is 15.2. The summed E-state index contributed by atoms with van der Waals surface area (Å²) in [6.07, 6.45) is 4.96. The lowest BCUT2D eigenvalue weighted by Gasteiger charge is -2.36. The van der Waals surface area contributed by atoms with E-state index in [9.17, 15) is 4.79 Å². The Labute approximate surface area is 159 Å². The van der Waals surface area contributed by atoms with Crippen molar-refractivity contribution in [3.63, 3.8) is 0 Å². The minimum atomic E-state index is -0.131. The summed E-state index contributed by atoms with van der Waals surface area (Å²) >= 11 is 3.73. The number of esters is 1. The first-order chi connectivity index (χ1) is 12.2. The Kier molecular flexibility index (Phi) is 6.53. The maximum atomic E-state index is 12.9. The third-order valence-corrected chi connectivity index (χ3v) is 6.11. The summed E-state index contributed by atoms with van der Waals surface area (Å²) in [5.74, 6) is 1.63. The van der Waals surface area contributed by atoms with Crippen molar-refractivity contribution in [2.75, 3.05) is 13.7 Å². The van der Waals surface area contributed by atoms with E-state index in [1.807, 2.05) is 32.2 Å². The van der Waals surface area contributed by atoms with E-state index in [-0.39, 0.29) is 18.1 Å². The van der Waals surface area contributed by atoms with E-state index in [1.54, 1.807) is 0 Å². The second-order valence-electron chi connectivity index (χ2n) is 7.31. The topological polar surface area (TPSA) is 41.6 Å². The number of ether oxygens (including phenoxy) is 1. The van der Waals surface area contributed by atoms with Gasteiger partial charge >= 0.3 is 5.97 Å². The lowest BCUT2D eigenvalue weighted by Crippen LogP contribution is -2.51. The fraction of sp³-hybridized carbons (Fsp3) is 0.650. The highest BCUT2D eigenvalue weighted by Gasteiger charge is 2.51. The fourth-order valence-corrected chi connectivity index (χ4v) is 4.77. The van der Waals surface area contributed by atoms with Crippen molar-refractivity contribution in [3.05, 3.63) is 35.9 Å². The van der Waals surface area contributed by atoms with Gasteiger partial charge in [0.1, 0.15) is 0 Å². The maximum Gasteiger partial charge on any atom is 0.312 e. The third-order valence-electron chi connectivity index (χ3n) is 5.42. The molecule has 0 aromatic heterocycles. The first-order valence-corrected chi connectivity index (χ1v) is 10.2. The molecule has 0 aliphatic heterocycles. The number of carbonyl (C=O) groups is 1. The monoisotopic (exact) mass is 408 g/mol. The first kappa shape index (κ1) is 18.9. The molecule has 0 spiro atoms. The largest absolute Gasteiger partial charge is 0.466 e. The van der Waals surface area contributed by atoms with Crippen molar-refractivity contribution in [1.82, 2.24) is 9.24 Å². The number of nitrogens with one attached hydrogen (secondary N) is 1. The molecule has 0 saturated heterocycles. The first-order valence-electron chi connectivity index (χ1n) is 9.46. The van der Waals surface area contributed by atoms with Crippen LogP contribution in [0.5, 0.6) is 0 Å². The molecular formula is C20H29BrN2O2. The van der Waals surface area contributed by atoms with Crippen LogP contribution in [0.2, 0.25) is 0 Å². The number of hydrogen-bond acceptors (Lipinski definition) is 4. The van der Waals surface area contributed by atoms with Gasteiger partial charge in [-0.15, -0.1) is 0 Å². The Morgan fingerprint density at radius 2 is 1.84 bits per heavy atom. The zero-order chi connectivity index (χ0) is 17.8. The highest BCUT2D eigenvalue weighted by Crippen LogP contribution is 2.53. The Hall–Kier alpha value is -0.910. The second kappa shape index (κ2) is 8.65. The molecule has 1 aromatic carbocycles. The lowest BCUT2D eigenvalue weighted by atomic mass is 9.81. The van der Waals surface area contributed by atoms with E-state index in [4.69, 9.17) is 4.74 Å². The molecule has 0 amide bonds. The molecule has 25 heavy (non-hydrogen) atoms. The standard InChI is InChI=1S/C20H29BrN2O2/c1-3-25-20(24)18(17(15-9-10-15)16-11-12-16)19(22-2)23(21)13-14-7-5-4-6-8-14/h4-8,15-19,22H,3,9-13H2,1-2H3. The Morgan fingerprint density at radius 3 is 2.32 bits per heavy atom. The average molecular weight is 409 g/mol. The average Bonchev–Trinajstić information content (AvgIpc) is 3.50. The Morgan fingerprint density at radius 1 is 1.24 bits per heavy atom. The van der Waals surface area contributed by atoms with E-state index < -0.39 is 0 Å². The molecule has 5 heteroatoms. The molecule has 4 nitrogen and oxygen atoms in total. The molecule has 0 heterocycles. The van der Waals surface area contributed by atoms with Gasteiger partial charge in [0, 0.05) is 22.7 Å². The lowest BCUT2D eigenvalue weighted by molar-refractivity contribution is -0.153. The smallest absolute Gasteiger partial charge is 0.312 e. The van der Waals surface area contributed by atoms with Crippen molar-refractivity contribution in [2.24, 2.45) is 23.7 Å². The molecule has 1 N–H and O–H groups in total. The minimum absolute atomic E-state index is 0.0526. The van der Waals surface area contributed by atoms with Crippen molar-refractivity contribution >= 4 is 22.1 Å². The van der Waals surface area contributed by atoms with Gasteiger partial charge in [-0.2, -0.15) is 0 Å². The maximum absolute atomic E-state index is 12.9. The van der Waals surface area contributed by atoms with Gasteiger partial charge in [0.2, 0.25) is 0 Å². The quantitative estimate of drug-likeness (QED) is 0.361. The second-order valence-corrected chi connectivity index (χ2v) is 8.22. The van der Waals surface area contributed by atoms with Crippen LogP contribution in [0.3, 0.4) is 0 Å². The molecule has 2 atom stereocenters. The summed E-state index contributed by atoms with van der Waals surface area (Å²) in [5.41, 5.74) is 1.22. The van der Waals surface area contributed by atoms with Gasteiger partial charge in [-0.1, -0.05) is 30.3 Å². The van der Waals surface area contributed by atoms with Crippen LogP contribution < -0.4 is 5.32 Å². The number of carbonyl (C=O) groups excluding carboxylic acids is 1. The molecule has 0 bridgehead atoms. The van der Waals surface area contributed by atoms with Gasteiger partial charge in [0.25, 0.3) is 0 Å². The summed E-state index contributed by atoms with van der Waals surface area (Å²) in [6, 6.07) is 10.3. The van der Waals surface area contributed by atoms with Crippen LogP contribution in [0.15, 0.2) is 30.3 Å². The number of rotatable bonds is 10. The Bertz CT molecular complexity index is 548. The van der Waals surface area contributed by atoms with Crippen molar-refractivity contribution in [1.29, 1.82) is 0 Å². The molecule has 3 rings (SSSR count). The van der Waals surface area contributed by atoms with Gasteiger partial charge in [-0.3, -0.25) is 4.79 Å². The summed E-state index contributed by atoms with van der Waals surface area (Å²) in [7, 11) is 1.94. The molecule has 2 fully saturated rings. The van der Waals surface area contributed by atoms with E-state index in [0.29, 0.717) is 24.4 Å². The molecule has 2 saturated carbocycles. The molecule has 2 aliphatic carbocycles. The van der Waals surface area contributed by atoms with Crippen LogP contribution in [-0.4, -0.2) is 29.7 Å². The summed E-state index contributed by atoms with van der Waals surface area (Å²) in [6.45, 7) is 3.07. The van der Waals surface area contributed by atoms with Crippen molar-refractivity contribution in [2.45, 2.75) is 45.3 Å². The molecular weight excluding hydrogens is 380 g/mol. The van der Waals surface area contributed by atoms with E-state index in [1.165, 1.54) is 31.2 Å². The highest BCUT2D eigenvalue weighted by molar-refractivity contribution is 9.07. The van der Waals surface area contributed by atoms with Crippen LogP contribution in [0.4, 0.5) is 0 Å². The number of nitrogens with zero attached hydrogens (tertiary/aromatic N) is 1. The van der Waals surface area contributed by atoms with Gasteiger partial charge in [0.15, 0.2) is 0 Å². The van der Waals surface area contributed by atoms with Gasteiger partial charge in [-0.05, 0) is 63.0 Å². The predicted octanol–water partition coefficient (Wildman–Crippen LogP) is 3.96. The highest BCUT2D eigenvalue weighted by atomic mass is 79.9. The molecule has 138 valence electrons. The molecule has 1 aromatic rings. The molecule has 0 radical (unpaired) electrons. The third kappa shape index (κ3) is 4.83. The van der Waals surface area contributed by atoms with E-state index in [2.05, 4.69) is 37.5 Å². The van der Waals surface area contributed by atoms with Crippen LogP contribution in [0.1, 0.15) is 38.2 Å². The van der Waals surface area contributed by atoms with Crippen LogP contribution >= 0.6 is 16.1 Å². The van der Waals surface area contributed by atoms with Crippen LogP contribution in [0, 0.1) is 23.7 Å². The van der Waals surface area contributed by atoms with Gasteiger partial charge in [-0.25, -0.2) is 3.93 Å². The number of benzene rings is 1. The normalized spacial score (nSPS) is 19.9. The van der Waals surface area contributed by atoms with Crippen LogP contribution in [0.25, 0.3) is 0 Å². The van der Waals surface area contributed by atoms with Gasteiger partial charge in [0.05, 0.1) is 18.7 Å². The SMILES string of the molecule is CCOC(=O)C(C(C1CC1)C1CC1)C(NC)N(Br)Cc1ccccc1. The molecule has 2 aliphatic rings. The fourth-order valence-electron chi connectivity index (χ4n) is 4.02.